The molecule has 0 fully saturated rings. The zero-order valence-electron chi connectivity index (χ0n) is 13.4. The first kappa shape index (κ1) is 16.1. The maximum absolute atomic E-state index is 11.9. The standard InChI is InChI=1S/C18H17N3O2S/c1-3-11-15(12-7-4-5-8-13(12)23-2)20-18(14-9-6-10-24-14)21-16(11)17(19)22/h4-10H,3H2,1-2H3,(H2,19,22). The number of nitrogens with two attached hydrogens (primary N) is 1. The largest absolute Gasteiger partial charge is 0.496 e. The van der Waals surface area contributed by atoms with Crippen LogP contribution in [0.5, 0.6) is 5.75 Å². The average Bonchev–Trinajstić information content (AvgIpc) is 3.15. The zero-order chi connectivity index (χ0) is 17.1. The zero-order valence-corrected chi connectivity index (χ0v) is 14.3. The summed E-state index contributed by atoms with van der Waals surface area (Å²) >= 11 is 1.52. The number of thiophene rings is 1. The quantitative estimate of drug-likeness (QED) is 0.771. The number of hydrogen-bond acceptors (Lipinski definition) is 5. The molecule has 1 amide bonds. The predicted molar refractivity (Wildman–Crippen MR) is 95.2 cm³/mol. The number of para-hydroxylation sites is 1. The summed E-state index contributed by atoms with van der Waals surface area (Å²) in [6, 6.07) is 11.4. The molecule has 0 aliphatic carbocycles. The van der Waals surface area contributed by atoms with E-state index in [1.54, 1.807) is 7.11 Å². The van der Waals surface area contributed by atoms with Crippen LogP contribution in [0.4, 0.5) is 0 Å². The molecule has 5 nitrogen and oxygen atoms in total. The molecule has 0 saturated carbocycles. The van der Waals surface area contributed by atoms with E-state index >= 15 is 0 Å². The molecule has 0 bridgehead atoms. The molecular weight excluding hydrogens is 322 g/mol. The van der Waals surface area contributed by atoms with Crippen molar-refractivity contribution in [1.29, 1.82) is 0 Å². The lowest BCUT2D eigenvalue weighted by Gasteiger charge is -2.14. The summed E-state index contributed by atoms with van der Waals surface area (Å²) in [6.45, 7) is 1.95. The van der Waals surface area contributed by atoms with Crippen molar-refractivity contribution in [3.05, 3.63) is 53.0 Å². The molecule has 24 heavy (non-hydrogen) atoms. The number of ether oxygens (including phenoxy) is 1. The second-order valence-corrected chi connectivity index (χ2v) is 6.07. The number of carbonyl (C=O) groups is 1. The molecular formula is C18H17N3O2S. The highest BCUT2D eigenvalue weighted by Gasteiger charge is 2.21. The fourth-order valence-electron chi connectivity index (χ4n) is 2.60. The summed E-state index contributed by atoms with van der Waals surface area (Å²) in [6.07, 6.45) is 0.594. The molecule has 3 aromatic rings. The van der Waals surface area contributed by atoms with Crippen molar-refractivity contribution >= 4 is 17.2 Å². The monoisotopic (exact) mass is 339 g/mol. The van der Waals surface area contributed by atoms with Gasteiger partial charge in [-0.25, -0.2) is 9.97 Å². The Morgan fingerprint density at radius 3 is 2.62 bits per heavy atom. The lowest BCUT2D eigenvalue weighted by molar-refractivity contribution is 0.0994. The van der Waals surface area contributed by atoms with Crippen molar-refractivity contribution in [3.8, 4) is 27.7 Å². The fraction of sp³-hybridized carbons (Fsp3) is 0.167. The van der Waals surface area contributed by atoms with Gasteiger partial charge in [-0.05, 0) is 30.0 Å². The Hall–Kier alpha value is -2.73. The summed E-state index contributed by atoms with van der Waals surface area (Å²) in [7, 11) is 1.61. The number of benzene rings is 1. The van der Waals surface area contributed by atoms with Crippen LogP contribution in [-0.4, -0.2) is 23.0 Å². The number of carbonyl (C=O) groups excluding carboxylic acids is 1. The third-order valence-electron chi connectivity index (χ3n) is 3.70. The summed E-state index contributed by atoms with van der Waals surface area (Å²) < 4.78 is 5.46. The molecule has 2 heterocycles. The van der Waals surface area contributed by atoms with E-state index in [1.807, 2.05) is 48.7 Å². The van der Waals surface area contributed by atoms with Gasteiger partial charge in [0.15, 0.2) is 5.82 Å². The Kier molecular flexibility index (Phi) is 4.57. The molecule has 1 aromatic carbocycles. The molecule has 0 saturated heterocycles. The fourth-order valence-corrected chi connectivity index (χ4v) is 3.26. The topological polar surface area (TPSA) is 78.1 Å². The van der Waals surface area contributed by atoms with Crippen LogP contribution in [0.2, 0.25) is 0 Å². The van der Waals surface area contributed by atoms with Gasteiger partial charge in [-0.15, -0.1) is 11.3 Å². The van der Waals surface area contributed by atoms with Gasteiger partial charge < -0.3 is 10.5 Å². The van der Waals surface area contributed by atoms with Crippen molar-refractivity contribution in [1.82, 2.24) is 9.97 Å². The molecule has 6 heteroatoms. The van der Waals surface area contributed by atoms with Crippen molar-refractivity contribution in [2.45, 2.75) is 13.3 Å². The number of amides is 1. The third-order valence-corrected chi connectivity index (χ3v) is 4.56. The van der Waals surface area contributed by atoms with E-state index in [9.17, 15) is 4.79 Å². The van der Waals surface area contributed by atoms with Gasteiger partial charge in [0.25, 0.3) is 5.91 Å². The van der Waals surface area contributed by atoms with Gasteiger partial charge in [0.05, 0.1) is 17.7 Å². The van der Waals surface area contributed by atoms with Crippen molar-refractivity contribution in [3.63, 3.8) is 0 Å². The Morgan fingerprint density at radius 1 is 1.21 bits per heavy atom. The first-order chi connectivity index (χ1) is 11.7. The number of rotatable bonds is 5. The molecule has 0 unspecified atom stereocenters. The van der Waals surface area contributed by atoms with E-state index in [0.29, 0.717) is 23.7 Å². The van der Waals surface area contributed by atoms with Gasteiger partial charge in [-0.2, -0.15) is 0 Å². The molecule has 0 atom stereocenters. The van der Waals surface area contributed by atoms with E-state index in [1.165, 1.54) is 11.3 Å². The maximum atomic E-state index is 11.9. The number of primary amides is 1. The van der Waals surface area contributed by atoms with Gasteiger partial charge in [0.2, 0.25) is 0 Å². The second kappa shape index (κ2) is 6.80. The number of hydrogen-bond donors (Lipinski definition) is 1. The minimum atomic E-state index is -0.553. The van der Waals surface area contributed by atoms with Gasteiger partial charge >= 0.3 is 0 Å². The number of aromatic nitrogens is 2. The van der Waals surface area contributed by atoms with Crippen LogP contribution in [0.3, 0.4) is 0 Å². The minimum Gasteiger partial charge on any atom is -0.496 e. The first-order valence-corrected chi connectivity index (χ1v) is 8.41. The molecule has 0 aliphatic rings. The Labute approximate surface area is 144 Å². The van der Waals surface area contributed by atoms with Crippen LogP contribution in [0, 0.1) is 0 Å². The SMILES string of the molecule is CCc1c(C(N)=O)nc(-c2cccs2)nc1-c1ccccc1OC. The molecule has 0 spiro atoms. The highest BCUT2D eigenvalue weighted by Crippen LogP contribution is 2.34. The van der Waals surface area contributed by atoms with Crippen molar-refractivity contribution in [2.24, 2.45) is 5.73 Å². The van der Waals surface area contributed by atoms with Gasteiger partial charge in [0, 0.05) is 11.1 Å². The van der Waals surface area contributed by atoms with Crippen molar-refractivity contribution < 1.29 is 9.53 Å². The van der Waals surface area contributed by atoms with Gasteiger partial charge in [-0.1, -0.05) is 25.1 Å². The van der Waals surface area contributed by atoms with E-state index < -0.39 is 5.91 Å². The van der Waals surface area contributed by atoms with Crippen LogP contribution in [0.25, 0.3) is 22.0 Å². The second-order valence-electron chi connectivity index (χ2n) is 5.12. The van der Waals surface area contributed by atoms with Crippen LogP contribution >= 0.6 is 11.3 Å². The summed E-state index contributed by atoms with van der Waals surface area (Å²) in [5.41, 5.74) is 8.06. The maximum Gasteiger partial charge on any atom is 0.267 e. The highest BCUT2D eigenvalue weighted by atomic mass is 32.1. The van der Waals surface area contributed by atoms with Crippen LogP contribution in [-0.2, 0) is 6.42 Å². The Morgan fingerprint density at radius 2 is 2.00 bits per heavy atom. The van der Waals surface area contributed by atoms with E-state index in [0.717, 1.165) is 16.0 Å². The molecule has 3 rings (SSSR count). The molecule has 0 aliphatic heterocycles. The normalized spacial score (nSPS) is 10.6. The van der Waals surface area contributed by atoms with Gasteiger partial charge in [-0.3, -0.25) is 4.79 Å². The lowest BCUT2D eigenvalue weighted by atomic mass is 10.0. The Balaban J connectivity index is 2.32. The summed E-state index contributed by atoms with van der Waals surface area (Å²) in [5.74, 6) is 0.638. The summed E-state index contributed by atoms with van der Waals surface area (Å²) in [4.78, 5) is 22.0. The van der Waals surface area contributed by atoms with E-state index in [2.05, 4.69) is 4.98 Å². The minimum absolute atomic E-state index is 0.261. The third kappa shape index (κ3) is 2.88. The smallest absolute Gasteiger partial charge is 0.267 e. The van der Waals surface area contributed by atoms with E-state index in [-0.39, 0.29) is 5.69 Å². The van der Waals surface area contributed by atoms with Crippen LogP contribution < -0.4 is 10.5 Å². The van der Waals surface area contributed by atoms with Crippen molar-refractivity contribution in [2.75, 3.05) is 7.11 Å². The average molecular weight is 339 g/mol. The van der Waals surface area contributed by atoms with Crippen LogP contribution in [0.15, 0.2) is 41.8 Å². The highest BCUT2D eigenvalue weighted by molar-refractivity contribution is 7.13. The van der Waals surface area contributed by atoms with E-state index in [4.69, 9.17) is 15.5 Å². The Bertz CT molecular complexity index is 876. The van der Waals surface area contributed by atoms with Crippen LogP contribution in [0.1, 0.15) is 23.0 Å². The molecule has 0 radical (unpaired) electrons. The lowest BCUT2D eigenvalue weighted by Crippen LogP contribution is -2.18. The molecule has 122 valence electrons. The number of methoxy groups -OCH3 is 1. The first-order valence-electron chi connectivity index (χ1n) is 7.53. The number of nitrogens with zero attached hydrogens (tertiary/aromatic N) is 2. The molecule has 2 aromatic heterocycles. The predicted octanol–water partition coefficient (Wildman–Crippen LogP) is 3.54. The summed E-state index contributed by atoms with van der Waals surface area (Å²) in [5, 5.41) is 1.94. The van der Waals surface area contributed by atoms with Gasteiger partial charge in [0.1, 0.15) is 11.4 Å². The molecule has 2 N–H and O–H groups in total.